The molecule has 0 N–H and O–H groups in total. The molecular formula is C19H23ClN4O2. The van der Waals surface area contributed by atoms with Gasteiger partial charge in [0, 0.05) is 43.2 Å². The highest BCUT2D eigenvalue weighted by atomic mass is 35.5. The number of rotatable bonds is 3. The van der Waals surface area contributed by atoms with Crippen LogP contribution in [0.15, 0.2) is 28.7 Å². The van der Waals surface area contributed by atoms with Gasteiger partial charge in [0.2, 0.25) is 17.7 Å². The maximum Gasteiger partial charge on any atom is 0.247 e. The van der Waals surface area contributed by atoms with Crippen molar-refractivity contribution in [2.75, 3.05) is 26.2 Å². The second-order valence-electron chi connectivity index (χ2n) is 7.17. The van der Waals surface area contributed by atoms with Crippen LogP contribution in [-0.2, 0) is 4.79 Å². The van der Waals surface area contributed by atoms with Crippen LogP contribution in [0.1, 0.15) is 38.0 Å². The Bertz CT molecular complexity index is 768. The lowest BCUT2D eigenvalue weighted by molar-refractivity contribution is -0.130. The first-order valence-corrected chi connectivity index (χ1v) is 9.57. The standard InChI is InChI=1S/C19H23ClN4O2/c1-13(25)23-10-7-17(8-11-23)24-9-6-15(12-24)19-22-21-18(26-19)14-2-4-16(20)5-3-14/h2-5,15,17H,6-12H2,1H3/t15-/m0/s1. The third kappa shape index (κ3) is 3.62. The quantitative estimate of drug-likeness (QED) is 0.825. The predicted octanol–water partition coefficient (Wildman–Crippen LogP) is 3.19. The van der Waals surface area contributed by atoms with Gasteiger partial charge in [0.15, 0.2) is 0 Å². The monoisotopic (exact) mass is 374 g/mol. The second kappa shape index (κ2) is 7.37. The highest BCUT2D eigenvalue weighted by Crippen LogP contribution is 2.32. The molecule has 2 aromatic rings. The van der Waals surface area contributed by atoms with Gasteiger partial charge in [-0.25, -0.2) is 0 Å². The molecule has 2 fully saturated rings. The Morgan fingerprint density at radius 2 is 1.85 bits per heavy atom. The van der Waals surface area contributed by atoms with Crippen LogP contribution in [0.4, 0.5) is 0 Å². The van der Waals surface area contributed by atoms with Crippen LogP contribution >= 0.6 is 11.6 Å². The van der Waals surface area contributed by atoms with Crippen molar-refractivity contribution in [2.24, 2.45) is 0 Å². The number of piperidine rings is 1. The van der Waals surface area contributed by atoms with Gasteiger partial charge in [-0.15, -0.1) is 10.2 Å². The van der Waals surface area contributed by atoms with Crippen LogP contribution in [0.5, 0.6) is 0 Å². The summed E-state index contributed by atoms with van der Waals surface area (Å²) in [4.78, 5) is 15.9. The lowest BCUT2D eigenvalue weighted by Crippen LogP contribution is -2.45. The smallest absolute Gasteiger partial charge is 0.247 e. The molecule has 0 saturated carbocycles. The maximum absolute atomic E-state index is 11.5. The molecule has 2 saturated heterocycles. The van der Waals surface area contributed by atoms with E-state index in [1.54, 1.807) is 6.92 Å². The Morgan fingerprint density at radius 1 is 1.12 bits per heavy atom. The molecule has 1 amide bonds. The number of carbonyl (C=O) groups excluding carboxylic acids is 1. The number of hydrogen-bond acceptors (Lipinski definition) is 5. The van der Waals surface area contributed by atoms with Crippen molar-refractivity contribution < 1.29 is 9.21 Å². The van der Waals surface area contributed by atoms with E-state index in [1.165, 1.54) is 0 Å². The molecule has 2 aliphatic heterocycles. The Hall–Kier alpha value is -1.92. The molecule has 7 heteroatoms. The zero-order chi connectivity index (χ0) is 18.1. The average Bonchev–Trinajstić information content (AvgIpc) is 3.32. The van der Waals surface area contributed by atoms with Crippen LogP contribution in [-0.4, -0.2) is 58.1 Å². The number of carbonyl (C=O) groups is 1. The normalized spacial score (nSPS) is 22.1. The fourth-order valence-corrected chi connectivity index (χ4v) is 4.10. The highest BCUT2D eigenvalue weighted by Gasteiger charge is 2.34. The van der Waals surface area contributed by atoms with E-state index in [4.69, 9.17) is 16.0 Å². The summed E-state index contributed by atoms with van der Waals surface area (Å²) >= 11 is 5.93. The average molecular weight is 375 g/mol. The van der Waals surface area contributed by atoms with Crippen molar-refractivity contribution in [1.82, 2.24) is 20.0 Å². The number of hydrogen-bond donors (Lipinski definition) is 0. The number of nitrogens with zero attached hydrogens (tertiary/aromatic N) is 4. The summed E-state index contributed by atoms with van der Waals surface area (Å²) in [5.41, 5.74) is 0.889. The molecular weight excluding hydrogens is 352 g/mol. The lowest BCUT2D eigenvalue weighted by Gasteiger charge is -2.36. The zero-order valence-corrected chi connectivity index (χ0v) is 15.7. The van der Waals surface area contributed by atoms with Crippen LogP contribution in [0, 0.1) is 0 Å². The first kappa shape index (κ1) is 17.5. The van der Waals surface area contributed by atoms with E-state index in [0.29, 0.717) is 17.0 Å². The van der Waals surface area contributed by atoms with Gasteiger partial charge in [0.05, 0.1) is 5.92 Å². The highest BCUT2D eigenvalue weighted by molar-refractivity contribution is 6.30. The summed E-state index contributed by atoms with van der Waals surface area (Å²) in [6, 6.07) is 7.98. The maximum atomic E-state index is 11.5. The first-order valence-electron chi connectivity index (χ1n) is 9.19. The van der Waals surface area contributed by atoms with E-state index in [1.807, 2.05) is 29.2 Å². The summed E-state index contributed by atoms with van der Waals surface area (Å²) in [5.74, 6) is 1.74. The van der Waals surface area contributed by atoms with Gasteiger partial charge >= 0.3 is 0 Å². The van der Waals surface area contributed by atoms with Crippen LogP contribution in [0.2, 0.25) is 5.02 Å². The molecule has 3 heterocycles. The van der Waals surface area contributed by atoms with E-state index in [9.17, 15) is 4.79 Å². The first-order chi connectivity index (χ1) is 12.6. The molecule has 0 bridgehead atoms. The van der Waals surface area contributed by atoms with Crippen LogP contribution in [0.3, 0.4) is 0 Å². The molecule has 26 heavy (non-hydrogen) atoms. The molecule has 1 atom stereocenters. The number of aromatic nitrogens is 2. The minimum absolute atomic E-state index is 0.184. The van der Waals surface area contributed by atoms with E-state index < -0.39 is 0 Å². The molecule has 4 rings (SSSR count). The van der Waals surface area contributed by atoms with E-state index in [-0.39, 0.29) is 11.8 Å². The van der Waals surface area contributed by atoms with Gasteiger partial charge in [0.1, 0.15) is 0 Å². The molecule has 0 aliphatic carbocycles. The molecule has 138 valence electrons. The summed E-state index contributed by atoms with van der Waals surface area (Å²) in [6.07, 6.45) is 3.13. The van der Waals surface area contributed by atoms with Crippen molar-refractivity contribution >= 4 is 17.5 Å². The molecule has 0 unspecified atom stereocenters. The Balaban J connectivity index is 1.37. The van der Waals surface area contributed by atoms with Crippen LogP contribution in [0.25, 0.3) is 11.5 Å². The van der Waals surface area contributed by atoms with Gasteiger partial charge in [0.25, 0.3) is 0 Å². The fourth-order valence-electron chi connectivity index (χ4n) is 3.98. The van der Waals surface area contributed by atoms with Gasteiger partial charge in [-0.1, -0.05) is 11.6 Å². The summed E-state index contributed by atoms with van der Waals surface area (Å²) < 4.78 is 5.93. The van der Waals surface area contributed by atoms with Gasteiger partial charge < -0.3 is 9.32 Å². The summed E-state index contributed by atoms with van der Waals surface area (Å²) in [5, 5.41) is 9.18. The predicted molar refractivity (Wildman–Crippen MR) is 99.0 cm³/mol. The Kier molecular flexibility index (Phi) is 4.96. The van der Waals surface area contributed by atoms with Crippen molar-refractivity contribution in [3.63, 3.8) is 0 Å². The van der Waals surface area contributed by atoms with Gasteiger partial charge in [-0.2, -0.15) is 0 Å². The molecule has 1 aromatic heterocycles. The van der Waals surface area contributed by atoms with Gasteiger partial charge in [-0.3, -0.25) is 9.69 Å². The second-order valence-corrected chi connectivity index (χ2v) is 7.61. The minimum Gasteiger partial charge on any atom is -0.420 e. The third-order valence-corrected chi connectivity index (χ3v) is 5.78. The van der Waals surface area contributed by atoms with E-state index >= 15 is 0 Å². The van der Waals surface area contributed by atoms with Crippen molar-refractivity contribution in [1.29, 1.82) is 0 Å². The largest absolute Gasteiger partial charge is 0.420 e. The number of halogens is 1. The van der Waals surface area contributed by atoms with Gasteiger partial charge in [-0.05, 0) is 50.1 Å². The number of benzene rings is 1. The summed E-state index contributed by atoms with van der Waals surface area (Å²) in [6.45, 7) is 5.38. The van der Waals surface area contributed by atoms with E-state index in [2.05, 4.69) is 15.1 Å². The SMILES string of the molecule is CC(=O)N1CCC(N2CC[C@H](c3nnc(-c4ccc(Cl)cc4)o3)C2)CC1. The van der Waals surface area contributed by atoms with Crippen molar-refractivity contribution in [3.05, 3.63) is 35.2 Å². The van der Waals surface area contributed by atoms with Crippen molar-refractivity contribution in [2.45, 2.75) is 38.1 Å². The number of amides is 1. The van der Waals surface area contributed by atoms with E-state index in [0.717, 1.165) is 56.9 Å². The third-order valence-electron chi connectivity index (χ3n) is 5.53. The number of likely N-dealkylation sites (tertiary alicyclic amines) is 2. The Labute approximate surface area is 158 Å². The lowest BCUT2D eigenvalue weighted by atomic mass is 10.0. The molecule has 2 aliphatic rings. The fraction of sp³-hybridized carbons (Fsp3) is 0.526. The molecule has 0 spiro atoms. The van der Waals surface area contributed by atoms with Crippen molar-refractivity contribution in [3.8, 4) is 11.5 Å². The zero-order valence-electron chi connectivity index (χ0n) is 14.9. The minimum atomic E-state index is 0.184. The Morgan fingerprint density at radius 3 is 2.54 bits per heavy atom. The summed E-state index contributed by atoms with van der Waals surface area (Å²) in [7, 11) is 0. The molecule has 0 radical (unpaired) electrons. The van der Waals surface area contributed by atoms with Crippen LogP contribution < -0.4 is 0 Å². The molecule has 6 nitrogen and oxygen atoms in total. The topological polar surface area (TPSA) is 62.5 Å². The molecule has 1 aromatic carbocycles.